The van der Waals surface area contributed by atoms with Crippen LogP contribution in [0.15, 0.2) is 59.4 Å². The summed E-state index contributed by atoms with van der Waals surface area (Å²) in [6, 6.07) is 7.97. The molecule has 0 aliphatic carbocycles. The molecule has 2 heterocycles. The van der Waals surface area contributed by atoms with Crippen molar-refractivity contribution in [1.29, 1.82) is 0 Å². The SMILES string of the molecule is C1=COC(c2coc3ccccc23)C=C1. The van der Waals surface area contributed by atoms with E-state index in [1.54, 1.807) is 12.5 Å². The van der Waals surface area contributed by atoms with Crippen LogP contribution in [0.2, 0.25) is 0 Å². The third-order valence-corrected chi connectivity index (χ3v) is 2.52. The van der Waals surface area contributed by atoms with E-state index in [2.05, 4.69) is 0 Å². The Kier molecular flexibility index (Phi) is 1.85. The van der Waals surface area contributed by atoms with E-state index in [1.807, 2.05) is 42.5 Å². The second kappa shape index (κ2) is 3.31. The average molecular weight is 198 g/mol. The molecule has 0 amide bonds. The van der Waals surface area contributed by atoms with Gasteiger partial charge in [0.15, 0.2) is 0 Å². The maximum atomic E-state index is 5.50. The van der Waals surface area contributed by atoms with Crippen molar-refractivity contribution in [2.75, 3.05) is 0 Å². The van der Waals surface area contributed by atoms with Crippen LogP contribution in [0.5, 0.6) is 0 Å². The predicted molar refractivity (Wildman–Crippen MR) is 58.3 cm³/mol. The van der Waals surface area contributed by atoms with Crippen molar-refractivity contribution < 1.29 is 9.15 Å². The highest BCUT2D eigenvalue weighted by molar-refractivity contribution is 5.81. The second-order valence-electron chi connectivity index (χ2n) is 3.46. The van der Waals surface area contributed by atoms with Crippen molar-refractivity contribution in [2.45, 2.75) is 6.10 Å². The van der Waals surface area contributed by atoms with Crippen LogP contribution in [0.25, 0.3) is 11.0 Å². The zero-order valence-corrected chi connectivity index (χ0v) is 8.09. The molecule has 1 aromatic carbocycles. The Bertz CT molecular complexity index is 534. The van der Waals surface area contributed by atoms with E-state index in [0.717, 1.165) is 16.5 Å². The molecule has 1 atom stereocenters. The Balaban J connectivity index is 2.11. The summed E-state index contributed by atoms with van der Waals surface area (Å²) in [5.74, 6) is 0. The zero-order chi connectivity index (χ0) is 10.1. The lowest BCUT2D eigenvalue weighted by Gasteiger charge is -2.13. The summed E-state index contributed by atoms with van der Waals surface area (Å²) in [4.78, 5) is 0. The summed E-state index contributed by atoms with van der Waals surface area (Å²) in [6.07, 6.45) is 9.30. The van der Waals surface area contributed by atoms with Gasteiger partial charge in [-0.15, -0.1) is 0 Å². The summed E-state index contributed by atoms with van der Waals surface area (Å²) < 4.78 is 11.0. The highest BCUT2D eigenvalue weighted by atomic mass is 16.5. The normalized spacial score (nSPS) is 19.3. The molecule has 1 aromatic heterocycles. The summed E-state index contributed by atoms with van der Waals surface area (Å²) in [5.41, 5.74) is 1.98. The lowest BCUT2D eigenvalue weighted by atomic mass is 10.1. The molecule has 74 valence electrons. The van der Waals surface area contributed by atoms with Gasteiger partial charge in [0.1, 0.15) is 11.7 Å². The third-order valence-electron chi connectivity index (χ3n) is 2.52. The summed E-state index contributed by atoms with van der Waals surface area (Å²) >= 11 is 0. The first kappa shape index (κ1) is 8.36. The minimum atomic E-state index is -0.0290. The van der Waals surface area contributed by atoms with E-state index in [-0.39, 0.29) is 6.10 Å². The second-order valence-corrected chi connectivity index (χ2v) is 3.46. The molecule has 2 aromatic rings. The largest absolute Gasteiger partial charge is 0.489 e. The summed E-state index contributed by atoms with van der Waals surface area (Å²) in [7, 11) is 0. The molecule has 3 rings (SSSR count). The molecule has 0 radical (unpaired) electrons. The van der Waals surface area contributed by atoms with Gasteiger partial charge < -0.3 is 9.15 Å². The van der Waals surface area contributed by atoms with Crippen molar-refractivity contribution in [3.63, 3.8) is 0 Å². The Labute approximate surface area is 87.5 Å². The number of rotatable bonds is 1. The van der Waals surface area contributed by atoms with Crippen LogP contribution in [-0.2, 0) is 4.74 Å². The van der Waals surface area contributed by atoms with Gasteiger partial charge in [-0.25, -0.2) is 0 Å². The minimum absolute atomic E-state index is 0.0290. The molecule has 15 heavy (non-hydrogen) atoms. The molecule has 0 saturated heterocycles. The van der Waals surface area contributed by atoms with E-state index in [4.69, 9.17) is 9.15 Å². The highest BCUT2D eigenvalue weighted by Gasteiger charge is 2.15. The fourth-order valence-electron chi connectivity index (χ4n) is 1.78. The van der Waals surface area contributed by atoms with Gasteiger partial charge in [0, 0.05) is 10.9 Å². The van der Waals surface area contributed by atoms with Gasteiger partial charge in [-0.3, -0.25) is 0 Å². The van der Waals surface area contributed by atoms with Crippen LogP contribution in [0.1, 0.15) is 11.7 Å². The number of hydrogen-bond donors (Lipinski definition) is 0. The Hall–Kier alpha value is -1.96. The van der Waals surface area contributed by atoms with Crippen molar-refractivity contribution >= 4 is 11.0 Å². The smallest absolute Gasteiger partial charge is 0.145 e. The Morgan fingerprint density at radius 3 is 2.87 bits per heavy atom. The van der Waals surface area contributed by atoms with E-state index < -0.39 is 0 Å². The lowest BCUT2D eigenvalue weighted by Crippen LogP contribution is -1.97. The van der Waals surface area contributed by atoms with Gasteiger partial charge in [0.25, 0.3) is 0 Å². The van der Waals surface area contributed by atoms with E-state index in [9.17, 15) is 0 Å². The fraction of sp³-hybridized carbons (Fsp3) is 0.0769. The van der Waals surface area contributed by atoms with Crippen molar-refractivity contribution in [3.05, 3.63) is 60.6 Å². The lowest BCUT2D eigenvalue weighted by molar-refractivity contribution is 0.186. The van der Waals surface area contributed by atoms with Crippen LogP contribution in [-0.4, -0.2) is 0 Å². The number of hydrogen-bond acceptors (Lipinski definition) is 2. The molecular formula is C13H10O2. The quantitative estimate of drug-likeness (QED) is 0.698. The van der Waals surface area contributed by atoms with Crippen LogP contribution < -0.4 is 0 Å². The summed E-state index contributed by atoms with van der Waals surface area (Å²) in [6.45, 7) is 0. The van der Waals surface area contributed by atoms with Crippen LogP contribution in [0.4, 0.5) is 0 Å². The average Bonchev–Trinajstić information content (AvgIpc) is 2.74. The van der Waals surface area contributed by atoms with Gasteiger partial charge in [0.2, 0.25) is 0 Å². The van der Waals surface area contributed by atoms with Gasteiger partial charge in [-0.1, -0.05) is 24.3 Å². The number of fused-ring (bicyclic) bond motifs is 1. The molecule has 0 saturated carbocycles. The van der Waals surface area contributed by atoms with Crippen molar-refractivity contribution in [1.82, 2.24) is 0 Å². The van der Waals surface area contributed by atoms with Crippen LogP contribution in [0, 0.1) is 0 Å². The maximum absolute atomic E-state index is 5.50. The zero-order valence-electron chi connectivity index (χ0n) is 8.09. The van der Waals surface area contributed by atoms with Crippen molar-refractivity contribution in [2.24, 2.45) is 0 Å². The first-order valence-corrected chi connectivity index (χ1v) is 4.90. The third kappa shape index (κ3) is 1.34. The first-order valence-electron chi connectivity index (χ1n) is 4.90. The molecule has 2 heteroatoms. The molecule has 1 aliphatic heterocycles. The molecular weight excluding hydrogens is 188 g/mol. The number of para-hydroxylation sites is 1. The number of benzene rings is 1. The van der Waals surface area contributed by atoms with Crippen LogP contribution >= 0.6 is 0 Å². The number of allylic oxidation sites excluding steroid dienone is 2. The standard InChI is InChI=1S/C13H10O2/c1-2-6-12-10(5-1)11(9-15-12)13-7-3-4-8-14-13/h1-9,13H. The Morgan fingerprint density at radius 1 is 1.07 bits per heavy atom. The maximum Gasteiger partial charge on any atom is 0.145 e. The molecule has 1 unspecified atom stereocenters. The van der Waals surface area contributed by atoms with Gasteiger partial charge >= 0.3 is 0 Å². The fourth-order valence-corrected chi connectivity index (χ4v) is 1.78. The monoisotopic (exact) mass is 198 g/mol. The van der Waals surface area contributed by atoms with Gasteiger partial charge in [-0.05, 0) is 18.2 Å². The van der Waals surface area contributed by atoms with Gasteiger partial charge in [0.05, 0.1) is 12.5 Å². The predicted octanol–water partition coefficient (Wildman–Crippen LogP) is 3.57. The first-order chi connectivity index (χ1) is 7.45. The van der Waals surface area contributed by atoms with Crippen molar-refractivity contribution in [3.8, 4) is 0 Å². The highest BCUT2D eigenvalue weighted by Crippen LogP contribution is 2.30. The molecule has 0 spiro atoms. The summed E-state index contributed by atoms with van der Waals surface area (Å²) in [5, 5.41) is 1.11. The minimum Gasteiger partial charge on any atom is -0.489 e. The Morgan fingerprint density at radius 2 is 2.00 bits per heavy atom. The molecule has 1 aliphatic rings. The van der Waals surface area contributed by atoms with Gasteiger partial charge in [-0.2, -0.15) is 0 Å². The van der Waals surface area contributed by atoms with Crippen LogP contribution in [0.3, 0.4) is 0 Å². The topological polar surface area (TPSA) is 22.4 Å². The molecule has 2 nitrogen and oxygen atoms in total. The molecule has 0 fully saturated rings. The van der Waals surface area contributed by atoms with E-state index in [1.165, 1.54) is 0 Å². The number of furan rings is 1. The van der Waals surface area contributed by atoms with E-state index in [0.29, 0.717) is 0 Å². The molecule has 0 bridgehead atoms. The molecule has 0 N–H and O–H groups in total. The number of ether oxygens (including phenoxy) is 1. The van der Waals surface area contributed by atoms with E-state index >= 15 is 0 Å².